The van der Waals surface area contributed by atoms with Gasteiger partial charge in [0, 0.05) is 11.6 Å². The van der Waals surface area contributed by atoms with Crippen molar-refractivity contribution >= 4 is 17.3 Å². The van der Waals surface area contributed by atoms with E-state index < -0.39 is 4.92 Å². The van der Waals surface area contributed by atoms with Gasteiger partial charge in [-0.3, -0.25) is 14.9 Å². The Labute approximate surface area is 168 Å². The number of nitrogens with one attached hydrogen (secondary N) is 1. The highest BCUT2D eigenvalue weighted by atomic mass is 16.6. The van der Waals surface area contributed by atoms with Crippen LogP contribution in [0.5, 0.6) is 11.5 Å². The van der Waals surface area contributed by atoms with E-state index in [0.717, 1.165) is 5.75 Å². The summed E-state index contributed by atoms with van der Waals surface area (Å²) in [7, 11) is 0. The summed E-state index contributed by atoms with van der Waals surface area (Å²) in [5, 5.41) is 13.8. The summed E-state index contributed by atoms with van der Waals surface area (Å²) in [6.45, 7) is 2.29. The molecule has 0 aliphatic carbocycles. The maximum atomic E-state index is 12.6. The number of carbonyl (C=O) groups is 1. The number of anilines is 1. The van der Waals surface area contributed by atoms with Crippen LogP contribution in [0.4, 0.5) is 11.4 Å². The van der Waals surface area contributed by atoms with Gasteiger partial charge in [-0.05, 0) is 43.3 Å². The molecule has 0 fully saturated rings. The first kappa shape index (κ1) is 19.9. The second-order valence-corrected chi connectivity index (χ2v) is 6.20. The van der Waals surface area contributed by atoms with Crippen molar-refractivity contribution < 1.29 is 19.2 Å². The molecule has 3 rings (SSSR count). The summed E-state index contributed by atoms with van der Waals surface area (Å²) in [6.07, 6.45) is 0. The van der Waals surface area contributed by atoms with Gasteiger partial charge in [-0.15, -0.1) is 0 Å². The van der Waals surface area contributed by atoms with Crippen molar-refractivity contribution in [3.8, 4) is 11.5 Å². The zero-order valence-corrected chi connectivity index (χ0v) is 15.8. The van der Waals surface area contributed by atoms with Crippen LogP contribution >= 0.6 is 0 Å². The topological polar surface area (TPSA) is 90.7 Å². The molecule has 0 atom stereocenters. The Balaban J connectivity index is 1.59. The van der Waals surface area contributed by atoms with Crippen molar-refractivity contribution in [1.82, 2.24) is 0 Å². The van der Waals surface area contributed by atoms with Crippen LogP contribution in [-0.4, -0.2) is 24.0 Å². The summed E-state index contributed by atoms with van der Waals surface area (Å²) in [5.74, 6) is 0.918. The molecule has 1 amide bonds. The molecule has 0 unspecified atom stereocenters. The Morgan fingerprint density at radius 2 is 1.59 bits per heavy atom. The Bertz CT molecular complexity index is 1010. The van der Waals surface area contributed by atoms with Gasteiger partial charge >= 0.3 is 0 Å². The minimum Gasteiger partial charge on any atom is -0.490 e. The number of para-hydroxylation sites is 1. The van der Waals surface area contributed by atoms with Gasteiger partial charge < -0.3 is 14.8 Å². The molecule has 0 radical (unpaired) electrons. The molecule has 148 valence electrons. The number of nitrogens with zero attached hydrogens (tertiary/aromatic N) is 1. The van der Waals surface area contributed by atoms with Gasteiger partial charge in [0.2, 0.25) is 0 Å². The van der Waals surface area contributed by atoms with Crippen molar-refractivity contribution in [3.05, 3.63) is 94.0 Å². The predicted molar refractivity (Wildman–Crippen MR) is 110 cm³/mol. The summed E-state index contributed by atoms with van der Waals surface area (Å²) >= 11 is 0. The van der Waals surface area contributed by atoms with E-state index in [1.54, 1.807) is 37.3 Å². The molecule has 1 N–H and O–H groups in total. The van der Waals surface area contributed by atoms with E-state index >= 15 is 0 Å². The Kier molecular flexibility index (Phi) is 6.42. The number of nitro groups is 1. The zero-order valence-electron chi connectivity index (χ0n) is 15.8. The molecule has 3 aromatic rings. The second kappa shape index (κ2) is 9.36. The van der Waals surface area contributed by atoms with E-state index in [1.165, 1.54) is 12.1 Å². The van der Waals surface area contributed by atoms with Gasteiger partial charge in [-0.2, -0.15) is 0 Å². The largest absolute Gasteiger partial charge is 0.490 e. The lowest BCUT2D eigenvalue weighted by molar-refractivity contribution is -0.385. The van der Waals surface area contributed by atoms with E-state index in [2.05, 4.69) is 5.32 Å². The lowest BCUT2D eigenvalue weighted by Crippen LogP contribution is -2.14. The fraction of sp³-hybridized carbons (Fsp3) is 0.136. The minimum atomic E-state index is -0.475. The molecule has 0 aliphatic rings. The van der Waals surface area contributed by atoms with E-state index in [9.17, 15) is 14.9 Å². The Hall–Kier alpha value is -3.87. The maximum absolute atomic E-state index is 12.6. The van der Waals surface area contributed by atoms with E-state index in [0.29, 0.717) is 35.8 Å². The standard InChI is InChI=1S/C22H20N2O5/c1-16-20(11-6-12-21(16)24(26)27)23-22(25)17-7-5-10-19(15-17)29-14-13-28-18-8-3-2-4-9-18/h2-12,15H,13-14H2,1H3,(H,23,25). The molecule has 0 aliphatic heterocycles. The summed E-state index contributed by atoms with van der Waals surface area (Å²) in [6, 6.07) is 20.7. The van der Waals surface area contributed by atoms with E-state index in [-0.39, 0.29) is 11.6 Å². The van der Waals surface area contributed by atoms with Crippen LogP contribution in [-0.2, 0) is 0 Å². The first-order valence-electron chi connectivity index (χ1n) is 9.00. The van der Waals surface area contributed by atoms with Crippen LogP contribution in [0.1, 0.15) is 15.9 Å². The third-order valence-corrected chi connectivity index (χ3v) is 4.21. The van der Waals surface area contributed by atoms with Crippen molar-refractivity contribution in [3.63, 3.8) is 0 Å². The number of nitro benzene ring substituents is 1. The van der Waals surface area contributed by atoms with Crippen LogP contribution in [0.25, 0.3) is 0 Å². The maximum Gasteiger partial charge on any atom is 0.274 e. The number of amides is 1. The highest BCUT2D eigenvalue weighted by molar-refractivity contribution is 6.05. The van der Waals surface area contributed by atoms with E-state index in [4.69, 9.17) is 9.47 Å². The predicted octanol–water partition coefficient (Wildman–Crippen LogP) is 4.61. The highest BCUT2D eigenvalue weighted by Crippen LogP contribution is 2.25. The molecule has 7 heteroatoms. The van der Waals surface area contributed by atoms with Gasteiger partial charge in [0.05, 0.1) is 16.2 Å². The zero-order chi connectivity index (χ0) is 20.6. The average Bonchev–Trinajstić information content (AvgIpc) is 2.73. The molecular formula is C22H20N2O5. The number of ether oxygens (including phenoxy) is 2. The number of benzene rings is 3. The number of carbonyl (C=O) groups excluding carboxylic acids is 1. The quantitative estimate of drug-likeness (QED) is 0.343. The van der Waals surface area contributed by atoms with Gasteiger partial charge in [-0.25, -0.2) is 0 Å². The molecular weight excluding hydrogens is 372 g/mol. The van der Waals surface area contributed by atoms with Gasteiger partial charge in [0.15, 0.2) is 0 Å². The fourth-order valence-electron chi connectivity index (χ4n) is 2.71. The normalized spacial score (nSPS) is 10.2. The highest BCUT2D eigenvalue weighted by Gasteiger charge is 2.15. The smallest absolute Gasteiger partial charge is 0.274 e. The van der Waals surface area contributed by atoms with E-state index in [1.807, 2.05) is 30.3 Å². The molecule has 0 aromatic heterocycles. The summed E-state index contributed by atoms with van der Waals surface area (Å²) in [4.78, 5) is 23.1. The van der Waals surface area contributed by atoms with Gasteiger partial charge in [-0.1, -0.05) is 30.3 Å². The van der Waals surface area contributed by atoms with Crippen molar-refractivity contribution in [2.24, 2.45) is 0 Å². The molecule has 0 bridgehead atoms. The van der Waals surface area contributed by atoms with Crippen LogP contribution in [0.2, 0.25) is 0 Å². The molecule has 29 heavy (non-hydrogen) atoms. The monoisotopic (exact) mass is 392 g/mol. The lowest BCUT2D eigenvalue weighted by atomic mass is 10.1. The first-order valence-corrected chi connectivity index (χ1v) is 9.00. The summed E-state index contributed by atoms with van der Waals surface area (Å²) < 4.78 is 11.2. The number of hydrogen-bond donors (Lipinski definition) is 1. The van der Waals surface area contributed by atoms with Crippen molar-refractivity contribution in [2.45, 2.75) is 6.92 Å². The fourth-order valence-corrected chi connectivity index (χ4v) is 2.71. The lowest BCUT2D eigenvalue weighted by Gasteiger charge is -2.11. The molecule has 0 spiro atoms. The third kappa shape index (κ3) is 5.32. The number of rotatable bonds is 8. The summed E-state index contributed by atoms with van der Waals surface area (Å²) in [5.41, 5.74) is 1.14. The molecule has 3 aromatic carbocycles. The van der Waals surface area contributed by atoms with Crippen molar-refractivity contribution in [2.75, 3.05) is 18.5 Å². The van der Waals surface area contributed by atoms with Gasteiger partial charge in [0.1, 0.15) is 24.7 Å². The number of hydrogen-bond acceptors (Lipinski definition) is 5. The van der Waals surface area contributed by atoms with Crippen LogP contribution in [0.3, 0.4) is 0 Å². The minimum absolute atomic E-state index is 0.0432. The molecule has 0 saturated carbocycles. The molecule has 0 saturated heterocycles. The van der Waals surface area contributed by atoms with Crippen LogP contribution in [0.15, 0.2) is 72.8 Å². The second-order valence-electron chi connectivity index (χ2n) is 6.20. The average molecular weight is 392 g/mol. The molecule has 7 nitrogen and oxygen atoms in total. The third-order valence-electron chi connectivity index (χ3n) is 4.21. The molecule has 0 heterocycles. The van der Waals surface area contributed by atoms with Crippen LogP contribution < -0.4 is 14.8 Å². The van der Waals surface area contributed by atoms with Gasteiger partial charge in [0.25, 0.3) is 11.6 Å². The van der Waals surface area contributed by atoms with Crippen molar-refractivity contribution in [1.29, 1.82) is 0 Å². The Morgan fingerprint density at radius 3 is 2.31 bits per heavy atom. The first-order chi connectivity index (χ1) is 14.0. The SMILES string of the molecule is Cc1c(NC(=O)c2cccc(OCCOc3ccccc3)c2)cccc1[N+](=O)[O-]. The Morgan fingerprint density at radius 1 is 0.931 bits per heavy atom. The van der Waals surface area contributed by atoms with Crippen LogP contribution in [0, 0.1) is 17.0 Å².